The van der Waals surface area contributed by atoms with Gasteiger partial charge in [-0.2, -0.15) is 0 Å². The van der Waals surface area contributed by atoms with Crippen LogP contribution in [-0.2, 0) is 0 Å². The molecule has 1 fully saturated rings. The van der Waals surface area contributed by atoms with Crippen molar-refractivity contribution in [1.82, 2.24) is 4.90 Å². The van der Waals surface area contributed by atoms with E-state index in [4.69, 9.17) is 10.5 Å². The summed E-state index contributed by atoms with van der Waals surface area (Å²) in [5.74, 6) is 1.69. The van der Waals surface area contributed by atoms with Gasteiger partial charge in [-0.25, -0.2) is 0 Å². The fraction of sp³-hybridized carbons (Fsp3) is 0.667. The number of nitrogens with two attached hydrogens (primary N) is 1. The first-order valence-electron chi connectivity index (χ1n) is 8.29. The molecule has 2 atom stereocenters. The first-order chi connectivity index (χ1) is 10.2. The van der Waals surface area contributed by atoms with Gasteiger partial charge in [-0.05, 0) is 62.9 Å². The van der Waals surface area contributed by atoms with Crippen LogP contribution in [0.1, 0.15) is 37.3 Å². The Morgan fingerprint density at radius 2 is 2.10 bits per heavy atom. The Morgan fingerprint density at radius 3 is 2.81 bits per heavy atom. The van der Waals surface area contributed by atoms with Crippen LogP contribution in [-0.4, -0.2) is 37.2 Å². The van der Waals surface area contributed by atoms with Crippen LogP contribution in [0.25, 0.3) is 0 Å². The highest BCUT2D eigenvalue weighted by atomic mass is 16.5. The van der Waals surface area contributed by atoms with Gasteiger partial charge in [-0.15, -0.1) is 0 Å². The molecule has 0 spiro atoms. The molecule has 118 valence electrons. The van der Waals surface area contributed by atoms with Gasteiger partial charge in [0, 0.05) is 12.6 Å². The Labute approximate surface area is 129 Å². The quantitative estimate of drug-likeness (QED) is 0.838. The molecule has 1 aliphatic carbocycles. The lowest BCUT2D eigenvalue weighted by molar-refractivity contribution is 0.141. The van der Waals surface area contributed by atoms with Gasteiger partial charge in [-0.1, -0.05) is 25.5 Å². The predicted molar refractivity (Wildman–Crippen MR) is 88.8 cm³/mol. The van der Waals surface area contributed by atoms with Gasteiger partial charge in [0.15, 0.2) is 0 Å². The molecule has 0 saturated heterocycles. The molecule has 0 bridgehead atoms. The summed E-state index contributed by atoms with van der Waals surface area (Å²) in [5, 5.41) is 0. The molecule has 3 nitrogen and oxygen atoms in total. The number of nitrogens with zero attached hydrogens (tertiary/aromatic N) is 1. The van der Waals surface area contributed by atoms with Gasteiger partial charge in [-0.3, -0.25) is 4.90 Å². The maximum Gasteiger partial charge on any atom is 0.122 e. The molecule has 1 aromatic rings. The molecule has 0 aromatic heterocycles. The molecule has 2 N–H and O–H groups in total. The van der Waals surface area contributed by atoms with Gasteiger partial charge >= 0.3 is 0 Å². The van der Waals surface area contributed by atoms with Crippen molar-refractivity contribution in [2.75, 3.05) is 26.2 Å². The summed E-state index contributed by atoms with van der Waals surface area (Å²) in [6, 6.07) is 7.04. The molecule has 1 aliphatic rings. The van der Waals surface area contributed by atoms with Crippen LogP contribution >= 0.6 is 0 Å². The van der Waals surface area contributed by atoms with Crippen molar-refractivity contribution in [3.8, 4) is 5.75 Å². The molecule has 2 rings (SSSR count). The van der Waals surface area contributed by atoms with E-state index in [1.165, 1.54) is 30.4 Å². The fourth-order valence-corrected chi connectivity index (χ4v) is 3.47. The SMILES string of the molecule is CCN(CCOc1cc(C)ccc1C)C1CCCC1CN. The van der Waals surface area contributed by atoms with Gasteiger partial charge < -0.3 is 10.5 Å². The van der Waals surface area contributed by atoms with Crippen molar-refractivity contribution in [1.29, 1.82) is 0 Å². The molecule has 0 aliphatic heterocycles. The maximum atomic E-state index is 6.01. The van der Waals surface area contributed by atoms with E-state index in [1.807, 2.05) is 0 Å². The van der Waals surface area contributed by atoms with Crippen molar-refractivity contribution in [2.45, 2.75) is 46.1 Å². The number of likely N-dealkylation sites (N-methyl/N-ethyl adjacent to an activating group) is 1. The number of rotatable bonds is 7. The largest absolute Gasteiger partial charge is 0.492 e. The molecule has 0 heterocycles. The zero-order valence-electron chi connectivity index (χ0n) is 13.8. The molecule has 0 amide bonds. The van der Waals surface area contributed by atoms with Crippen molar-refractivity contribution in [3.63, 3.8) is 0 Å². The third-order valence-corrected chi connectivity index (χ3v) is 4.78. The zero-order chi connectivity index (χ0) is 15.2. The monoisotopic (exact) mass is 290 g/mol. The minimum atomic E-state index is 0.655. The summed E-state index contributed by atoms with van der Waals surface area (Å²) in [6.45, 7) is 10.1. The highest BCUT2D eigenvalue weighted by Crippen LogP contribution is 2.29. The number of hydrogen-bond acceptors (Lipinski definition) is 3. The summed E-state index contributed by atoms with van der Waals surface area (Å²) in [5.41, 5.74) is 8.38. The average molecular weight is 290 g/mol. The van der Waals surface area contributed by atoms with Crippen molar-refractivity contribution in [3.05, 3.63) is 29.3 Å². The van der Waals surface area contributed by atoms with E-state index in [9.17, 15) is 0 Å². The Kier molecular flexibility index (Phi) is 6.07. The summed E-state index contributed by atoms with van der Waals surface area (Å²) < 4.78 is 6.01. The molecular weight excluding hydrogens is 260 g/mol. The van der Waals surface area contributed by atoms with Crippen molar-refractivity contribution < 1.29 is 4.74 Å². The van der Waals surface area contributed by atoms with Crippen LogP contribution in [0.5, 0.6) is 5.75 Å². The molecule has 1 aromatic carbocycles. The van der Waals surface area contributed by atoms with E-state index in [1.54, 1.807) is 0 Å². The summed E-state index contributed by atoms with van der Waals surface area (Å²) in [4.78, 5) is 2.55. The van der Waals surface area contributed by atoms with Crippen molar-refractivity contribution in [2.24, 2.45) is 11.7 Å². The van der Waals surface area contributed by atoms with Gasteiger partial charge in [0.2, 0.25) is 0 Å². The van der Waals surface area contributed by atoms with Crippen LogP contribution < -0.4 is 10.5 Å². The Morgan fingerprint density at radius 1 is 1.29 bits per heavy atom. The normalized spacial score (nSPS) is 22.0. The minimum absolute atomic E-state index is 0.655. The lowest BCUT2D eigenvalue weighted by atomic mass is 10.0. The Bertz CT molecular complexity index is 447. The molecule has 21 heavy (non-hydrogen) atoms. The average Bonchev–Trinajstić information content (AvgIpc) is 2.95. The first-order valence-corrected chi connectivity index (χ1v) is 8.29. The van der Waals surface area contributed by atoms with Crippen molar-refractivity contribution >= 4 is 0 Å². The van der Waals surface area contributed by atoms with E-state index in [-0.39, 0.29) is 0 Å². The predicted octanol–water partition coefficient (Wildman–Crippen LogP) is 3.13. The number of aryl methyl sites for hydroxylation is 2. The van der Waals surface area contributed by atoms with E-state index in [0.717, 1.165) is 32.0 Å². The summed E-state index contributed by atoms with van der Waals surface area (Å²) in [7, 11) is 0. The van der Waals surface area contributed by atoms with Crippen LogP contribution in [0.4, 0.5) is 0 Å². The molecule has 2 unspecified atom stereocenters. The fourth-order valence-electron chi connectivity index (χ4n) is 3.47. The second-order valence-corrected chi connectivity index (χ2v) is 6.24. The third-order valence-electron chi connectivity index (χ3n) is 4.78. The van der Waals surface area contributed by atoms with Crippen LogP contribution in [0, 0.1) is 19.8 Å². The van der Waals surface area contributed by atoms with Crippen LogP contribution in [0.15, 0.2) is 18.2 Å². The first kappa shape index (κ1) is 16.3. The standard InChI is InChI=1S/C18H30N2O/c1-4-20(17-7-5-6-16(17)13-19)10-11-21-18-12-14(2)8-9-15(18)3/h8-9,12,16-17H,4-7,10-11,13,19H2,1-3H3. The Hall–Kier alpha value is -1.06. The molecule has 3 heteroatoms. The van der Waals surface area contributed by atoms with Gasteiger partial charge in [0.05, 0.1) is 0 Å². The second kappa shape index (κ2) is 7.81. The summed E-state index contributed by atoms with van der Waals surface area (Å²) >= 11 is 0. The highest BCUT2D eigenvalue weighted by Gasteiger charge is 2.30. The van der Waals surface area contributed by atoms with E-state index >= 15 is 0 Å². The van der Waals surface area contributed by atoms with Gasteiger partial charge in [0.1, 0.15) is 12.4 Å². The Balaban J connectivity index is 1.87. The lowest BCUT2D eigenvalue weighted by Gasteiger charge is -2.31. The molecular formula is C18H30N2O. The van der Waals surface area contributed by atoms with Crippen LogP contribution in [0.3, 0.4) is 0 Å². The van der Waals surface area contributed by atoms with E-state index in [0.29, 0.717) is 12.0 Å². The number of hydrogen-bond donors (Lipinski definition) is 1. The minimum Gasteiger partial charge on any atom is -0.492 e. The van der Waals surface area contributed by atoms with E-state index < -0.39 is 0 Å². The maximum absolute atomic E-state index is 6.01. The number of ether oxygens (including phenoxy) is 1. The smallest absolute Gasteiger partial charge is 0.122 e. The second-order valence-electron chi connectivity index (χ2n) is 6.24. The highest BCUT2D eigenvalue weighted by molar-refractivity contribution is 5.35. The zero-order valence-corrected chi connectivity index (χ0v) is 13.8. The van der Waals surface area contributed by atoms with Crippen LogP contribution in [0.2, 0.25) is 0 Å². The van der Waals surface area contributed by atoms with E-state index in [2.05, 4.69) is 43.9 Å². The molecule has 0 radical (unpaired) electrons. The lowest BCUT2D eigenvalue weighted by Crippen LogP contribution is -2.42. The topological polar surface area (TPSA) is 38.5 Å². The number of benzene rings is 1. The van der Waals surface area contributed by atoms with Gasteiger partial charge in [0.25, 0.3) is 0 Å². The molecule has 1 saturated carbocycles. The third kappa shape index (κ3) is 4.21. The summed E-state index contributed by atoms with van der Waals surface area (Å²) in [6.07, 6.45) is 3.90.